The van der Waals surface area contributed by atoms with Crippen molar-refractivity contribution in [2.75, 3.05) is 40.3 Å². The molecule has 2 aliphatic heterocycles. The van der Waals surface area contributed by atoms with Gasteiger partial charge in [-0.25, -0.2) is 9.97 Å². The molecular weight excluding hydrogens is 296 g/mol. The molecule has 7 nitrogen and oxygen atoms in total. The van der Waals surface area contributed by atoms with Crippen LogP contribution in [0, 0.1) is 5.41 Å². The predicted octanol–water partition coefficient (Wildman–Crippen LogP) is 0.404. The molecule has 2 atom stereocenters. The topological polar surface area (TPSA) is 78.8 Å². The number of aromatic nitrogens is 2. The highest BCUT2D eigenvalue weighted by Gasteiger charge is 2.45. The number of piperidine rings is 2. The van der Waals surface area contributed by atoms with Crippen molar-refractivity contribution in [3.8, 4) is 6.01 Å². The number of carbonyl (C=O) groups excluding carboxylic acids is 1. The Kier molecular flexibility index (Phi) is 4.50. The van der Waals surface area contributed by atoms with Gasteiger partial charge in [0, 0.05) is 44.0 Å². The Morgan fingerprint density at radius 2 is 2.09 bits per heavy atom. The van der Waals surface area contributed by atoms with Gasteiger partial charge in [0.2, 0.25) is 0 Å². The summed E-state index contributed by atoms with van der Waals surface area (Å²) in [7, 11) is 3.57. The van der Waals surface area contributed by atoms with Crippen LogP contribution in [0.1, 0.15) is 29.6 Å². The number of methoxy groups -OCH3 is 1. The van der Waals surface area contributed by atoms with Crippen LogP contribution in [-0.2, 0) is 0 Å². The molecule has 0 aliphatic carbocycles. The normalized spacial score (nSPS) is 28.8. The molecule has 3 rings (SSSR count). The second-order valence-corrected chi connectivity index (χ2v) is 6.69. The number of rotatable bonds is 2. The molecular formula is C16H24N4O3. The third kappa shape index (κ3) is 3.16. The van der Waals surface area contributed by atoms with Gasteiger partial charge in [0.25, 0.3) is 5.91 Å². The molecule has 0 radical (unpaired) electrons. The highest BCUT2D eigenvalue weighted by molar-refractivity contribution is 5.93. The summed E-state index contributed by atoms with van der Waals surface area (Å²) >= 11 is 0. The van der Waals surface area contributed by atoms with Gasteiger partial charge in [0.05, 0.1) is 18.8 Å². The molecule has 23 heavy (non-hydrogen) atoms. The molecule has 1 N–H and O–H groups in total. The largest absolute Gasteiger partial charge is 0.467 e. The van der Waals surface area contributed by atoms with E-state index in [9.17, 15) is 9.90 Å². The summed E-state index contributed by atoms with van der Waals surface area (Å²) in [4.78, 5) is 24.8. The van der Waals surface area contributed by atoms with E-state index in [0.717, 1.165) is 32.4 Å². The molecule has 2 fully saturated rings. The molecule has 0 unspecified atom stereocenters. The molecule has 1 spiro atoms. The van der Waals surface area contributed by atoms with E-state index in [4.69, 9.17) is 4.74 Å². The van der Waals surface area contributed by atoms with Crippen molar-refractivity contribution in [2.24, 2.45) is 5.41 Å². The average molecular weight is 320 g/mol. The van der Waals surface area contributed by atoms with Crippen molar-refractivity contribution in [1.29, 1.82) is 0 Å². The minimum atomic E-state index is -0.346. The number of hydrogen-bond acceptors (Lipinski definition) is 6. The summed E-state index contributed by atoms with van der Waals surface area (Å²) in [6.45, 7) is 3.03. The van der Waals surface area contributed by atoms with Crippen molar-refractivity contribution < 1.29 is 14.6 Å². The van der Waals surface area contributed by atoms with Gasteiger partial charge in [0.1, 0.15) is 0 Å². The molecule has 1 aromatic rings. The zero-order valence-electron chi connectivity index (χ0n) is 13.7. The van der Waals surface area contributed by atoms with Gasteiger partial charge in [-0.1, -0.05) is 0 Å². The third-order valence-corrected chi connectivity index (χ3v) is 5.03. The summed E-state index contributed by atoms with van der Waals surface area (Å²) in [5.41, 5.74) is 0.246. The van der Waals surface area contributed by atoms with E-state index in [1.165, 1.54) is 19.5 Å². The smallest absolute Gasteiger partial charge is 0.316 e. The number of likely N-dealkylation sites (tertiary alicyclic amines) is 2. The Balaban J connectivity index is 1.75. The summed E-state index contributed by atoms with van der Waals surface area (Å²) in [6.07, 6.45) is 5.29. The fraction of sp³-hybridized carbons (Fsp3) is 0.688. The molecule has 3 heterocycles. The van der Waals surface area contributed by atoms with E-state index in [1.807, 2.05) is 4.90 Å². The lowest BCUT2D eigenvalue weighted by Crippen LogP contribution is -2.59. The lowest BCUT2D eigenvalue weighted by Gasteiger charge is -2.50. The molecule has 1 aromatic heterocycles. The second kappa shape index (κ2) is 6.41. The van der Waals surface area contributed by atoms with Crippen LogP contribution in [-0.4, -0.2) is 77.2 Å². The summed E-state index contributed by atoms with van der Waals surface area (Å²) in [5.74, 6) is -0.0767. The Morgan fingerprint density at radius 3 is 2.78 bits per heavy atom. The Labute approximate surface area is 136 Å². The number of hydrogen-bond donors (Lipinski definition) is 1. The fourth-order valence-electron chi connectivity index (χ4n) is 3.82. The predicted molar refractivity (Wildman–Crippen MR) is 84.3 cm³/mol. The van der Waals surface area contributed by atoms with Crippen LogP contribution in [0.3, 0.4) is 0 Å². The summed E-state index contributed by atoms with van der Waals surface area (Å²) in [5, 5.41) is 10.5. The van der Waals surface area contributed by atoms with Crippen LogP contribution >= 0.6 is 0 Å². The highest BCUT2D eigenvalue weighted by Crippen LogP contribution is 2.38. The van der Waals surface area contributed by atoms with Gasteiger partial charge in [-0.3, -0.25) is 4.79 Å². The quantitative estimate of drug-likeness (QED) is 0.850. The lowest BCUT2D eigenvalue weighted by molar-refractivity contribution is -0.0731. The van der Waals surface area contributed by atoms with Crippen molar-refractivity contribution in [1.82, 2.24) is 19.8 Å². The second-order valence-electron chi connectivity index (χ2n) is 6.69. The van der Waals surface area contributed by atoms with E-state index in [0.29, 0.717) is 18.7 Å². The van der Waals surface area contributed by atoms with Crippen LogP contribution in [0.5, 0.6) is 6.01 Å². The monoisotopic (exact) mass is 320 g/mol. The van der Waals surface area contributed by atoms with Crippen LogP contribution in [0.2, 0.25) is 0 Å². The Morgan fingerprint density at radius 1 is 1.35 bits per heavy atom. The average Bonchev–Trinajstić information content (AvgIpc) is 2.58. The number of carbonyl (C=O) groups is 1. The zero-order chi connectivity index (χ0) is 16.4. The third-order valence-electron chi connectivity index (χ3n) is 5.03. The first-order valence-electron chi connectivity index (χ1n) is 8.06. The van der Waals surface area contributed by atoms with Crippen molar-refractivity contribution >= 4 is 5.91 Å². The number of amides is 1. The molecule has 7 heteroatoms. The maximum Gasteiger partial charge on any atom is 0.316 e. The Hall–Kier alpha value is -1.73. The van der Waals surface area contributed by atoms with E-state index in [2.05, 4.69) is 21.9 Å². The number of nitrogens with zero attached hydrogens (tertiary/aromatic N) is 4. The molecule has 0 saturated carbocycles. The number of ether oxygens (including phenoxy) is 1. The van der Waals surface area contributed by atoms with Crippen molar-refractivity contribution in [3.63, 3.8) is 0 Å². The SMILES string of the molecule is COc1ncc(C(=O)N2CCC[C@]3(CN(C)CC[C@@H]3O)C2)cn1. The first-order chi connectivity index (χ1) is 11.0. The van der Waals surface area contributed by atoms with Gasteiger partial charge in [-0.2, -0.15) is 0 Å². The van der Waals surface area contributed by atoms with Gasteiger partial charge < -0.3 is 19.6 Å². The lowest BCUT2D eigenvalue weighted by atomic mass is 9.71. The molecule has 0 bridgehead atoms. The minimum absolute atomic E-state index is 0.0767. The molecule has 1 amide bonds. The zero-order valence-corrected chi connectivity index (χ0v) is 13.7. The fourth-order valence-corrected chi connectivity index (χ4v) is 3.82. The van der Waals surface area contributed by atoms with E-state index in [-0.39, 0.29) is 23.4 Å². The van der Waals surface area contributed by atoms with Crippen LogP contribution < -0.4 is 4.74 Å². The first-order valence-corrected chi connectivity index (χ1v) is 8.06. The van der Waals surface area contributed by atoms with E-state index >= 15 is 0 Å². The summed E-state index contributed by atoms with van der Waals surface area (Å²) < 4.78 is 4.92. The minimum Gasteiger partial charge on any atom is -0.467 e. The van der Waals surface area contributed by atoms with Gasteiger partial charge >= 0.3 is 6.01 Å². The van der Waals surface area contributed by atoms with Gasteiger partial charge in [0.15, 0.2) is 0 Å². The van der Waals surface area contributed by atoms with Gasteiger partial charge in [-0.15, -0.1) is 0 Å². The van der Waals surface area contributed by atoms with E-state index in [1.54, 1.807) is 0 Å². The van der Waals surface area contributed by atoms with Gasteiger partial charge in [-0.05, 0) is 26.3 Å². The number of aliphatic hydroxyl groups excluding tert-OH is 1. The first kappa shape index (κ1) is 16.1. The number of aliphatic hydroxyl groups is 1. The van der Waals surface area contributed by atoms with Crippen molar-refractivity contribution in [2.45, 2.75) is 25.4 Å². The molecule has 0 aromatic carbocycles. The van der Waals surface area contributed by atoms with E-state index < -0.39 is 0 Å². The maximum atomic E-state index is 12.7. The molecule has 2 saturated heterocycles. The molecule has 2 aliphatic rings. The summed E-state index contributed by atoms with van der Waals surface area (Å²) in [6, 6.07) is 0.251. The molecule has 126 valence electrons. The Bertz CT molecular complexity index is 565. The highest BCUT2D eigenvalue weighted by atomic mass is 16.5. The van der Waals surface area contributed by atoms with Crippen molar-refractivity contribution in [3.05, 3.63) is 18.0 Å². The van der Waals surface area contributed by atoms with Crippen LogP contribution in [0.15, 0.2) is 12.4 Å². The van der Waals surface area contributed by atoms with Crippen LogP contribution in [0.4, 0.5) is 0 Å². The maximum absolute atomic E-state index is 12.7. The standard InChI is InChI=1S/C16H24N4O3/c1-19-7-4-13(21)16(10-19)5-3-6-20(11-16)14(22)12-8-17-15(23-2)18-9-12/h8-9,13,21H,3-7,10-11H2,1-2H3/t13-,16-/m0/s1. The van der Waals surface area contributed by atoms with Crippen LogP contribution in [0.25, 0.3) is 0 Å².